The molecule has 5 heteroatoms. The summed E-state index contributed by atoms with van der Waals surface area (Å²) in [6, 6.07) is 2.64. The van der Waals surface area contributed by atoms with E-state index in [9.17, 15) is 9.59 Å². The maximum Gasteiger partial charge on any atom is 0.337 e. The van der Waals surface area contributed by atoms with Gasteiger partial charge < -0.3 is 16.6 Å². The minimum Gasteiger partial charge on any atom is -0.478 e. The fraction of sp³-hybridized carbons (Fsp3) is 0.111. The normalized spacial score (nSPS) is 9.79. The summed E-state index contributed by atoms with van der Waals surface area (Å²) in [5, 5.41) is 8.76. The van der Waals surface area contributed by atoms with Crippen LogP contribution in [0.4, 0.5) is 5.69 Å². The van der Waals surface area contributed by atoms with Gasteiger partial charge in [-0.2, -0.15) is 0 Å². The number of primary amides is 1. The summed E-state index contributed by atoms with van der Waals surface area (Å²) in [5.74, 6) is -1.84. The molecule has 0 atom stereocenters. The predicted molar refractivity (Wildman–Crippen MR) is 51.1 cm³/mol. The highest BCUT2D eigenvalue weighted by atomic mass is 16.4. The molecule has 1 rings (SSSR count). The van der Waals surface area contributed by atoms with Crippen LogP contribution >= 0.6 is 0 Å². The first kappa shape index (κ1) is 10.0. The van der Waals surface area contributed by atoms with Gasteiger partial charge in [0.05, 0.1) is 5.56 Å². The number of anilines is 1. The Hall–Kier alpha value is -2.04. The number of aromatic carboxylic acids is 1. The van der Waals surface area contributed by atoms with Crippen LogP contribution in [0.1, 0.15) is 26.3 Å². The minimum atomic E-state index is -1.17. The highest BCUT2D eigenvalue weighted by Crippen LogP contribution is 2.19. The molecule has 74 valence electrons. The Labute approximate surface area is 80.3 Å². The first-order valence-electron chi connectivity index (χ1n) is 3.86. The van der Waals surface area contributed by atoms with E-state index in [1.807, 2.05) is 0 Å². The molecule has 0 aliphatic carbocycles. The van der Waals surface area contributed by atoms with Crippen molar-refractivity contribution in [2.75, 3.05) is 5.73 Å². The number of carbonyl (C=O) groups is 2. The zero-order valence-corrected chi connectivity index (χ0v) is 7.57. The average molecular weight is 194 g/mol. The number of carbonyl (C=O) groups excluding carboxylic acids is 1. The molecule has 0 aliphatic rings. The fourth-order valence-corrected chi connectivity index (χ4v) is 1.12. The second-order valence-electron chi connectivity index (χ2n) is 2.92. The zero-order valence-electron chi connectivity index (χ0n) is 7.57. The molecule has 5 N–H and O–H groups in total. The number of nitrogen functional groups attached to an aromatic ring is 1. The van der Waals surface area contributed by atoms with Gasteiger partial charge in [-0.3, -0.25) is 4.79 Å². The smallest absolute Gasteiger partial charge is 0.337 e. The van der Waals surface area contributed by atoms with Crippen molar-refractivity contribution in [2.45, 2.75) is 6.92 Å². The van der Waals surface area contributed by atoms with Crippen LogP contribution in [0.25, 0.3) is 0 Å². The molecule has 0 heterocycles. The van der Waals surface area contributed by atoms with Crippen molar-refractivity contribution < 1.29 is 14.7 Å². The zero-order chi connectivity index (χ0) is 10.9. The lowest BCUT2D eigenvalue weighted by molar-refractivity contribution is 0.0698. The van der Waals surface area contributed by atoms with Crippen molar-refractivity contribution in [3.05, 3.63) is 28.8 Å². The maximum atomic E-state index is 10.8. The van der Waals surface area contributed by atoms with Crippen molar-refractivity contribution in [3.8, 4) is 0 Å². The molecule has 1 amide bonds. The predicted octanol–water partition coefficient (Wildman–Crippen LogP) is 0.374. The second kappa shape index (κ2) is 3.37. The van der Waals surface area contributed by atoms with Crippen LogP contribution in [0.2, 0.25) is 0 Å². The quantitative estimate of drug-likeness (QED) is 0.591. The molecule has 0 bridgehead atoms. The average Bonchev–Trinajstić information content (AvgIpc) is 2.08. The number of amides is 1. The summed E-state index contributed by atoms with van der Waals surface area (Å²) in [4.78, 5) is 21.5. The SMILES string of the molecule is Cc1cc(C(N)=O)cc(C(=O)O)c1N. The second-order valence-corrected chi connectivity index (χ2v) is 2.92. The topological polar surface area (TPSA) is 106 Å². The van der Waals surface area contributed by atoms with Crippen LogP contribution in [0, 0.1) is 6.92 Å². The van der Waals surface area contributed by atoms with E-state index in [4.69, 9.17) is 16.6 Å². The van der Waals surface area contributed by atoms with Crippen molar-refractivity contribution in [1.82, 2.24) is 0 Å². The third-order valence-electron chi connectivity index (χ3n) is 1.90. The van der Waals surface area contributed by atoms with E-state index in [0.29, 0.717) is 5.56 Å². The van der Waals surface area contributed by atoms with Gasteiger partial charge in [-0.05, 0) is 24.6 Å². The van der Waals surface area contributed by atoms with Crippen molar-refractivity contribution in [3.63, 3.8) is 0 Å². The summed E-state index contributed by atoms with van der Waals surface area (Å²) in [6.45, 7) is 1.62. The van der Waals surface area contributed by atoms with E-state index >= 15 is 0 Å². The molecule has 0 spiro atoms. The van der Waals surface area contributed by atoms with Crippen LogP contribution in [-0.2, 0) is 0 Å². The highest BCUT2D eigenvalue weighted by molar-refractivity contribution is 6.00. The van der Waals surface area contributed by atoms with E-state index < -0.39 is 11.9 Å². The molecule has 0 saturated carbocycles. The maximum absolute atomic E-state index is 10.8. The number of rotatable bonds is 2. The van der Waals surface area contributed by atoms with Gasteiger partial charge in [-0.1, -0.05) is 0 Å². The van der Waals surface area contributed by atoms with E-state index in [2.05, 4.69) is 0 Å². The molecule has 0 aliphatic heterocycles. The van der Waals surface area contributed by atoms with Gasteiger partial charge in [0.15, 0.2) is 0 Å². The Kier molecular flexibility index (Phi) is 2.42. The molecular weight excluding hydrogens is 184 g/mol. The first-order valence-corrected chi connectivity index (χ1v) is 3.86. The summed E-state index contributed by atoms with van der Waals surface area (Å²) < 4.78 is 0. The van der Waals surface area contributed by atoms with Crippen LogP contribution in [0.15, 0.2) is 12.1 Å². The molecule has 14 heavy (non-hydrogen) atoms. The van der Waals surface area contributed by atoms with Crippen LogP contribution in [-0.4, -0.2) is 17.0 Å². The molecule has 0 radical (unpaired) electrons. The van der Waals surface area contributed by atoms with Crippen molar-refractivity contribution >= 4 is 17.6 Å². The Bertz CT molecular complexity index is 413. The Morgan fingerprint density at radius 3 is 2.36 bits per heavy atom. The van der Waals surface area contributed by atoms with Crippen molar-refractivity contribution in [1.29, 1.82) is 0 Å². The Morgan fingerprint density at radius 2 is 1.93 bits per heavy atom. The molecular formula is C9H10N2O3. The van der Waals surface area contributed by atoms with Crippen LogP contribution in [0.5, 0.6) is 0 Å². The molecule has 0 saturated heterocycles. The van der Waals surface area contributed by atoms with Gasteiger partial charge in [0.1, 0.15) is 0 Å². The van der Waals surface area contributed by atoms with E-state index in [1.54, 1.807) is 6.92 Å². The van der Waals surface area contributed by atoms with E-state index in [1.165, 1.54) is 12.1 Å². The van der Waals surface area contributed by atoms with E-state index in [0.717, 1.165) is 0 Å². The standard InChI is InChI=1S/C9H10N2O3/c1-4-2-5(8(11)12)3-6(7(4)10)9(13)14/h2-3H,10H2,1H3,(H2,11,12)(H,13,14). The number of aryl methyl sites for hydroxylation is 1. The van der Waals surface area contributed by atoms with Crippen LogP contribution < -0.4 is 11.5 Å². The molecule has 0 unspecified atom stereocenters. The lowest BCUT2D eigenvalue weighted by Crippen LogP contribution is -2.14. The number of carboxylic acid groups (broad SMARTS) is 1. The first-order chi connectivity index (χ1) is 6.43. The number of carboxylic acids is 1. The lowest BCUT2D eigenvalue weighted by Gasteiger charge is -2.06. The van der Waals surface area contributed by atoms with Gasteiger partial charge in [-0.15, -0.1) is 0 Å². The monoisotopic (exact) mass is 194 g/mol. The summed E-state index contributed by atoms with van der Waals surface area (Å²) in [6.07, 6.45) is 0. The largest absolute Gasteiger partial charge is 0.478 e. The highest BCUT2D eigenvalue weighted by Gasteiger charge is 2.13. The number of hydrogen-bond acceptors (Lipinski definition) is 3. The molecule has 1 aromatic rings. The van der Waals surface area contributed by atoms with Gasteiger partial charge in [0, 0.05) is 11.3 Å². The third kappa shape index (κ3) is 1.66. The van der Waals surface area contributed by atoms with E-state index in [-0.39, 0.29) is 16.8 Å². The van der Waals surface area contributed by atoms with Gasteiger partial charge in [0.2, 0.25) is 5.91 Å². The van der Waals surface area contributed by atoms with Gasteiger partial charge in [0.25, 0.3) is 0 Å². The molecule has 1 aromatic carbocycles. The molecule has 5 nitrogen and oxygen atoms in total. The number of hydrogen-bond donors (Lipinski definition) is 3. The molecule has 0 fully saturated rings. The molecule has 0 aromatic heterocycles. The van der Waals surface area contributed by atoms with Crippen LogP contribution in [0.3, 0.4) is 0 Å². The number of nitrogens with two attached hydrogens (primary N) is 2. The minimum absolute atomic E-state index is 0.0983. The third-order valence-corrected chi connectivity index (χ3v) is 1.90. The summed E-state index contributed by atoms with van der Waals surface area (Å²) >= 11 is 0. The Morgan fingerprint density at radius 1 is 1.36 bits per heavy atom. The summed E-state index contributed by atoms with van der Waals surface area (Å²) in [5.41, 5.74) is 11.3. The van der Waals surface area contributed by atoms with Crippen molar-refractivity contribution in [2.24, 2.45) is 5.73 Å². The Balaban J connectivity index is 3.43. The number of benzene rings is 1. The van der Waals surface area contributed by atoms with Gasteiger partial charge >= 0.3 is 5.97 Å². The fourth-order valence-electron chi connectivity index (χ4n) is 1.12. The van der Waals surface area contributed by atoms with Gasteiger partial charge in [-0.25, -0.2) is 4.79 Å². The lowest BCUT2D eigenvalue weighted by atomic mass is 10.0. The summed E-state index contributed by atoms with van der Waals surface area (Å²) in [7, 11) is 0.